The van der Waals surface area contributed by atoms with Gasteiger partial charge in [-0.15, -0.1) is 0 Å². The quantitative estimate of drug-likeness (QED) is 0.698. The summed E-state index contributed by atoms with van der Waals surface area (Å²) in [5, 5.41) is 3.46. The van der Waals surface area contributed by atoms with Gasteiger partial charge in [0.25, 0.3) is 0 Å². The van der Waals surface area contributed by atoms with E-state index in [1.54, 1.807) is 12.1 Å². The largest absolute Gasteiger partial charge is 0.355 e. The first-order valence-corrected chi connectivity index (χ1v) is 12.2. The molecule has 0 spiro atoms. The molecule has 2 heterocycles. The molecule has 0 aromatic carbocycles. The topological polar surface area (TPSA) is 79.4 Å². The number of rotatable bonds is 7. The Balaban J connectivity index is 1.51. The van der Waals surface area contributed by atoms with Crippen LogP contribution in [0.3, 0.4) is 0 Å². The summed E-state index contributed by atoms with van der Waals surface area (Å²) in [6.45, 7) is 3.77. The summed E-state index contributed by atoms with van der Waals surface area (Å²) in [6, 6.07) is 3.29. The molecule has 1 aliphatic heterocycles. The number of nitrogens with zero attached hydrogens (tertiary/aromatic N) is 2. The number of carbonyl (C=O) groups is 1. The number of hydrogen-bond acceptors (Lipinski definition) is 5. The van der Waals surface area contributed by atoms with E-state index in [1.807, 2.05) is 6.92 Å². The minimum atomic E-state index is -3.44. The molecule has 150 valence electrons. The number of amides is 1. The van der Waals surface area contributed by atoms with Crippen molar-refractivity contribution in [1.82, 2.24) is 14.6 Å². The van der Waals surface area contributed by atoms with Crippen molar-refractivity contribution in [1.29, 1.82) is 0 Å². The van der Waals surface area contributed by atoms with Gasteiger partial charge in [-0.05, 0) is 50.7 Å². The number of hydrogen-bond donors (Lipinski definition) is 1. The molecule has 27 heavy (non-hydrogen) atoms. The van der Waals surface area contributed by atoms with E-state index in [0.29, 0.717) is 24.0 Å². The monoisotopic (exact) mass is 411 g/mol. The van der Waals surface area contributed by atoms with Crippen LogP contribution in [0.1, 0.15) is 51.9 Å². The number of nitrogens with one attached hydrogen (secondary N) is 1. The van der Waals surface area contributed by atoms with Gasteiger partial charge < -0.3 is 5.32 Å². The van der Waals surface area contributed by atoms with Crippen molar-refractivity contribution in [3.8, 4) is 0 Å². The van der Waals surface area contributed by atoms with E-state index >= 15 is 0 Å². The van der Waals surface area contributed by atoms with Crippen molar-refractivity contribution in [3.05, 3.63) is 18.3 Å². The molecule has 6 nitrogen and oxygen atoms in total. The number of pyridine rings is 1. The lowest BCUT2D eigenvalue weighted by Crippen LogP contribution is -2.35. The Labute approximate surface area is 166 Å². The van der Waals surface area contributed by atoms with E-state index < -0.39 is 10.0 Å². The molecule has 0 radical (unpaired) electrons. The van der Waals surface area contributed by atoms with E-state index in [9.17, 15) is 13.2 Å². The lowest BCUT2D eigenvalue weighted by molar-refractivity contribution is -0.120. The molecule has 1 N–H and O–H groups in total. The Kier molecular flexibility index (Phi) is 7.16. The predicted octanol–water partition coefficient (Wildman–Crippen LogP) is 3.04. The maximum absolute atomic E-state index is 12.5. The van der Waals surface area contributed by atoms with Crippen molar-refractivity contribution >= 4 is 27.7 Å². The maximum Gasteiger partial charge on any atom is 0.244 e. The molecular formula is C19H29N3O3S2. The zero-order chi connectivity index (χ0) is 19.3. The van der Waals surface area contributed by atoms with Crippen LogP contribution in [-0.2, 0) is 14.8 Å². The Hall–Kier alpha value is -1.12. The average Bonchev–Trinajstić information content (AvgIpc) is 3.23. The minimum absolute atomic E-state index is 0.0149. The summed E-state index contributed by atoms with van der Waals surface area (Å²) in [5.41, 5.74) is 0. The molecule has 2 fully saturated rings. The van der Waals surface area contributed by atoms with Gasteiger partial charge in [-0.1, -0.05) is 31.0 Å². The second kappa shape index (κ2) is 9.39. The maximum atomic E-state index is 12.5. The van der Waals surface area contributed by atoms with E-state index in [0.717, 1.165) is 19.4 Å². The van der Waals surface area contributed by atoms with Crippen molar-refractivity contribution in [2.75, 3.05) is 19.6 Å². The third kappa shape index (κ3) is 5.45. The van der Waals surface area contributed by atoms with Crippen LogP contribution in [0, 0.1) is 5.92 Å². The smallest absolute Gasteiger partial charge is 0.244 e. The van der Waals surface area contributed by atoms with Crippen LogP contribution in [0.2, 0.25) is 0 Å². The first-order chi connectivity index (χ1) is 13.0. The summed E-state index contributed by atoms with van der Waals surface area (Å²) in [4.78, 5) is 16.8. The highest BCUT2D eigenvalue weighted by Crippen LogP contribution is 2.26. The zero-order valence-corrected chi connectivity index (χ0v) is 17.5. The Morgan fingerprint density at radius 2 is 1.93 bits per heavy atom. The molecule has 1 atom stereocenters. The predicted molar refractivity (Wildman–Crippen MR) is 107 cm³/mol. The highest BCUT2D eigenvalue weighted by atomic mass is 32.2. The van der Waals surface area contributed by atoms with Gasteiger partial charge in [-0.25, -0.2) is 13.4 Å². The molecule has 1 saturated heterocycles. The number of sulfonamides is 1. The second-order valence-corrected chi connectivity index (χ2v) is 10.8. The Morgan fingerprint density at radius 3 is 2.56 bits per heavy atom. The van der Waals surface area contributed by atoms with Gasteiger partial charge in [-0.3, -0.25) is 4.79 Å². The van der Waals surface area contributed by atoms with Crippen LogP contribution >= 0.6 is 11.8 Å². The molecule has 1 aromatic rings. The minimum Gasteiger partial charge on any atom is -0.355 e. The van der Waals surface area contributed by atoms with Crippen LogP contribution in [0.25, 0.3) is 0 Å². The van der Waals surface area contributed by atoms with Crippen molar-refractivity contribution < 1.29 is 13.2 Å². The van der Waals surface area contributed by atoms with Gasteiger partial charge in [0.2, 0.25) is 15.9 Å². The molecule has 1 unspecified atom stereocenters. The van der Waals surface area contributed by atoms with E-state index in [1.165, 1.54) is 54.4 Å². The molecular weight excluding hydrogens is 382 g/mol. The molecule has 0 bridgehead atoms. The normalized spacial score (nSPS) is 20.5. The highest BCUT2D eigenvalue weighted by Gasteiger charge is 2.27. The van der Waals surface area contributed by atoms with Gasteiger partial charge in [0, 0.05) is 25.8 Å². The van der Waals surface area contributed by atoms with Crippen LogP contribution in [-0.4, -0.2) is 48.5 Å². The molecule has 8 heteroatoms. The molecule has 1 aliphatic carbocycles. The standard InChI is InChI=1S/C19H29N3O3S2/c1-15(19(23)21-13-16-7-3-2-4-8-16)26-18-10-9-17(14-20-18)27(24,25)22-11-5-6-12-22/h9-10,14-16H,2-8,11-13H2,1H3,(H,21,23). The summed E-state index contributed by atoms with van der Waals surface area (Å²) in [5.74, 6) is 0.620. The van der Waals surface area contributed by atoms with Crippen molar-refractivity contribution in [3.63, 3.8) is 0 Å². The van der Waals surface area contributed by atoms with Crippen LogP contribution in [0.15, 0.2) is 28.3 Å². The number of thioether (sulfide) groups is 1. The lowest BCUT2D eigenvalue weighted by Gasteiger charge is -2.22. The number of aromatic nitrogens is 1. The molecule has 1 amide bonds. The van der Waals surface area contributed by atoms with E-state index in [-0.39, 0.29) is 16.1 Å². The fraction of sp³-hybridized carbons (Fsp3) is 0.684. The van der Waals surface area contributed by atoms with Gasteiger partial charge in [-0.2, -0.15) is 4.31 Å². The summed E-state index contributed by atoms with van der Waals surface area (Å²) >= 11 is 1.36. The lowest BCUT2D eigenvalue weighted by atomic mass is 9.89. The van der Waals surface area contributed by atoms with Crippen molar-refractivity contribution in [2.24, 2.45) is 5.92 Å². The van der Waals surface area contributed by atoms with Crippen LogP contribution in [0.4, 0.5) is 0 Å². The molecule has 2 aliphatic rings. The first-order valence-electron chi connectivity index (χ1n) is 9.87. The average molecular weight is 412 g/mol. The van der Waals surface area contributed by atoms with Gasteiger partial charge in [0.05, 0.1) is 10.3 Å². The first kappa shape index (κ1) is 20.6. The Bertz CT molecular complexity index is 725. The Morgan fingerprint density at radius 1 is 1.22 bits per heavy atom. The van der Waals surface area contributed by atoms with Crippen molar-refractivity contribution in [2.45, 2.75) is 67.0 Å². The fourth-order valence-corrected chi connectivity index (χ4v) is 5.96. The van der Waals surface area contributed by atoms with Gasteiger partial charge >= 0.3 is 0 Å². The molecule has 1 saturated carbocycles. The summed E-state index contributed by atoms with van der Waals surface area (Å²) in [6.07, 6.45) is 9.48. The van der Waals surface area contributed by atoms with Crippen LogP contribution in [0.5, 0.6) is 0 Å². The zero-order valence-electron chi connectivity index (χ0n) is 15.9. The van der Waals surface area contributed by atoms with Crippen LogP contribution < -0.4 is 5.32 Å². The molecule has 1 aromatic heterocycles. The summed E-state index contributed by atoms with van der Waals surface area (Å²) < 4.78 is 26.6. The number of carbonyl (C=O) groups excluding carboxylic acids is 1. The molecule has 3 rings (SSSR count). The third-order valence-electron chi connectivity index (χ3n) is 5.37. The van der Waals surface area contributed by atoms with E-state index in [2.05, 4.69) is 10.3 Å². The van der Waals surface area contributed by atoms with Gasteiger partial charge in [0.15, 0.2) is 0 Å². The third-order valence-corrected chi connectivity index (χ3v) is 8.30. The highest BCUT2D eigenvalue weighted by molar-refractivity contribution is 8.00. The second-order valence-electron chi connectivity index (χ2n) is 7.45. The van der Waals surface area contributed by atoms with E-state index in [4.69, 9.17) is 0 Å². The summed E-state index contributed by atoms with van der Waals surface area (Å²) in [7, 11) is -3.44. The van der Waals surface area contributed by atoms with Gasteiger partial charge in [0.1, 0.15) is 4.90 Å². The SMILES string of the molecule is CC(Sc1ccc(S(=O)(=O)N2CCCC2)cn1)C(=O)NCC1CCCCC1. The fourth-order valence-electron chi connectivity index (χ4n) is 3.68.